The van der Waals surface area contributed by atoms with Gasteiger partial charge in [0.2, 0.25) is 5.91 Å². The van der Waals surface area contributed by atoms with Gasteiger partial charge in [0.15, 0.2) is 11.6 Å². The average Bonchev–Trinajstić information content (AvgIpc) is 3.17. The van der Waals surface area contributed by atoms with Crippen LogP contribution in [0.1, 0.15) is 24.2 Å². The number of hydrogen-bond donors (Lipinski definition) is 1. The third kappa shape index (κ3) is 4.21. The Bertz CT molecular complexity index is 1380. The van der Waals surface area contributed by atoms with Crippen LogP contribution in [0.2, 0.25) is 0 Å². The van der Waals surface area contributed by atoms with Gasteiger partial charge in [-0.25, -0.2) is 9.48 Å². The Labute approximate surface area is 190 Å². The molecule has 33 heavy (non-hydrogen) atoms. The maximum absolute atomic E-state index is 12.9. The van der Waals surface area contributed by atoms with Gasteiger partial charge < -0.3 is 14.6 Å². The lowest BCUT2D eigenvalue weighted by molar-refractivity contribution is -0.120. The molecule has 0 saturated carbocycles. The molecule has 1 fully saturated rings. The molecule has 1 unspecified atom stereocenters. The second-order valence-corrected chi connectivity index (χ2v) is 8.35. The molecule has 1 N–H and O–H groups in total. The van der Waals surface area contributed by atoms with Crippen LogP contribution >= 0.6 is 0 Å². The van der Waals surface area contributed by atoms with Crippen LogP contribution in [-0.4, -0.2) is 39.0 Å². The van der Waals surface area contributed by atoms with Crippen LogP contribution in [0.5, 0.6) is 0 Å². The number of aryl methyl sites for hydroxylation is 2. The molecule has 9 nitrogen and oxygen atoms in total. The van der Waals surface area contributed by atoms with E-state index in [1.54, 1.807) is 22.9 Å². The van der Waals surface area contributed by atoms with E-state index in [9.17, 15) is 9.59 Å². The predicted octanol–water partition coefficient (Wildman–Crippen LogP) is 3.24. The van der Waals surface area contributed by atoms with Gasteiger partial charge in [0.25, 0.3) is 0 Å². The van der Waals surface area contributed by atoms with E-state index in [2.05, 4.69) is 25.5 Å². The molecule has 0 radical (unpaired) electrons. The molecule has 0 bridgehead atoms. The Kier molecular flexibility index (Phi) is 5.37. The second kappa shape index (κ2) is 8.50. The number of fused-ring (bicyclic) bond motifs is 1. The van der Waals surface area contributed by atoms with Gasteiger partial charge in [0.05, 0.1) is 11.6 Å². The molecule has 1 aliphatic rings. The van der Waals surface area contributed by atoms with E-state index in [4.69, 9.17) is 4.42 Å². The molecule has 4 heterocycles. The Morgan fingerprint density at radius 1 is 1.09 bits per heavy atom. The number of carbonyl (C=O) groups is 1. The van der Waals surface area contributed by atoms with Crippen molar-refractivity contribution in [3.05, 3.63) is 70.3 Å². The number of aromatic nitrogens is 4. The third-order valence-corrected chi connectivity index (χ3v) is 5.88. The summed E-state index contributed by atoms with van der Waals surface area (Å²) in [5, 5.41) is 16.7. The molecule has 1 aromatic carbocycles. The highest BCUT2D eigenvalue weighted by Crippen LogP contribution is 2.23. The lowest BCUT2D eigenvalue weighted by Gasteiger charge is -2.32. The van der Waals surface area contributed by atoms with Crippen molar-refractivity contribution >= 4 is 28.4 Å². The molecule has 5 rings (SSSR count). The van der Waals surface area contributed by atoms with E-state index in [0.717, 1.165) is 36.2 Å². The Balaban J connectivity index is 1.29. The highest BCUT2D eigenvalue weighted by Gasteiger charge is 2.27. The minimum Gasteiger partial charge on any atom is -0.421 e. The summed E-state index contributed by atoms with van der Waals surface area (Å²) in [4.78, 5) is 27.3. The summed E-state index contributed by atoms with van der Waals surface area (Å²) in [6, 6.07) is 14.6. The number of piperidine rings is 1. The van der Waals surface area contributed by atoms with Crippen molar-refractivity contribution in [1.29, 1.82) is 0 Å². The first-order chi connectivity index (χ1) is 16.0. The first-order valence-corrected chi connectivity index (χ1v) is 10.9. The maximum atomic E-state index is 12.9. The molecule has 1 amide bonds. The van der Waals surface area contributed by atoms with Gasteiger partial charge in [-0.05, 0) is 57.0 Å². The van der Waals surface area contributed by atoms with Crippen LogP contribution in [0.15, 0.2) is 57.7 Å². The zero-order chi connectivity index (χ0) is 22.9. The van der Waals surface area contributed by atoms with E-state index >= 15 is 0 Å². The summed E-state index contributed by atoms with van der Waals surface area (Å²) in [5.41, 5.74) is 2.00. The molecule has 9 heteroatoms. The van der Waals surface area contributed by atoms with E-state index in [-0.39, 0.29) is 17.5 Å². The van der Waals surface area contributed by atoms with Crippen LogP contribution in [0.25, 0.3) is 16.8 Å². The second-order valence-electron chi connectivity index (χ2n) is 8.35. The molecular weight excluding hydrogens is 420 g/mol. The molecule has 1 atom stereocenters. The Morgan fingerprint density at radius 3 is 2.64 bits per heavy atom. The number of amides is 1. The summed E-state index contributed by atoms with van der Waals surface area (Å²) < 4.78 is 7.08. The summed E-state index contributed by atoms with van der Waals surface area (Å²) in [6.45, 7) is 5.19. The quantitative estimate of drug-likeness (QED) is 0.482. The van der Waals surface area contributed by atoms with E-state index in [1.807, 2.05) is 44.2 Å². The number of hydrogen-bond acceptors (Lipinski definition) is 7. The first-order valence-electron chi connectivity index (χ1n) is 10.9. The van der Waals surface area contributed by atoms with Gasteiger partial charge in [-0.15, -0.1) is 10.2 Å². The Morgan fingerprint density at radius 2 is 1.88 bits per heavy atom. The summed E-state index contributed by atoms with van der Waals surface area (Å²) >= 11 is 0. The molecule has 0 aliphatic carbocycles. The number of nitrogens with one attached hydrogen (secondary N) is 1. The van der Waals surface area contributed by atoms with Crippen molar-refractivity contribution < 1.29 is 9.21 Å². The van der Waals surface area contributed by atoms with Crippen LogP contribution in [-0.2, 0) is 4.79 Å². The number of rotatable bonds is 4. The predicted molar refractivity (Wildman–Crippen MR) is 125 cm³/mol. The number of benzene rings is 1. The van der Waals surface area contributed by atoms with Gasteiger partial charge in [0.1, 0.15) is 11.3 Å². The average molecular weight is 444 g/mol. The number of nitrogens with zero attached hydrogens (tertiary/aromatic N) is 5. The normalized spacial score (nSPS) is 16.2. The van der Waals surface area contributed by atoms with Gasteiger partial charge in [-0.2, -0.15) is 5.10 Å². The minimum absolute atomic E-state index is 0.157. The van der Waals surface area contributed by atoms with Crippen LogP contribution < -0.4 is 15.8 Å². The lowest BCUT2D eigenvalue weighted by Crippen LogP contribution is -2.41. The lowest BCUT2D eigenvalue weighted by atomic mass is 9.97. The van der Waals surface area contributed by atoms with Gasteiger partial charge in [-0.1, -0.05) is 18.2 Å². The fraction of sp³-hybridized carbons (Fsp3) is 0.292. The highest BCUT2D eigenvalue weighted by molar-refractivity contribution is 5.94. The smallest absolute Gasteiger partial charge is 0.360 e. The standard InChI is InChI=1S/C24H24N6O3/c1-15-12-16(2)30(28-15)22-10-9-21(26-27-22)29-11-5-7-18(14-29)23(31)25-19-13-17-6-3-4-8-20(17)33-24(19)32/h3-4,6,8-10,12-13,18H,5,7,11,14H2,1-2H3,(H,25,31). The van der Waals surface area contributed by atoms with Crippen LogP contribution in [0, 0.1) is 19.8 Å². The largest absolute Gasteiger partial charge is 0.421 e. The highest BCUT2D eigenvalue weighted by atomic mass is 16.4. The Hall–Kier alpha value is -4.01. The van der Waals surface area contributed by atoms with Crippen molar-refractivity contribution in [2.75, 3.05) is 23.3 Å². The molecule has 1 aliphatic heterocycles. The van der Waals surface area contributed by atoms with Crippen molar-refractivity contribution in [3.63, 3.8) is 0 Å². The van der Waals surface area contributed by atoms with Crippen molar-refractivity contribution in [2.45, 2.75) is 26.7 Å². The number of para-hydroxylation sites is 1. The monoisotopic (exact) mass is 444 g/mol. The fourth-order valence-corrected chi connectivity index (χ4v) is 4.24. The number of carbonyl (C=O) groups excluding carboxylic acids is 1. The zero-order valence-electron chi connectivity index (χ0n) is 18.5. The summed E-state index contributed by atoms with van der Waals surface area (Å²) in [5.74, 6) is 0.887. The zero-order valence-corrected chi connectivity index (χ0v) is 18.5. The topological polar surface area (TPSA) is 106 Å². The molecule has 168 valence electrons. The van der Waals surface area contributed by atoms with Crippen molar-refractivity contribution in [1.82, 2.24) is 20.0 Å². The van der Waals surface area contributed by atoms with Crippen LogP contribution in [0.4, 0.5) is 11.5 Å². The molecule has 3 aromatic heterocycles. The molecular formula is C24H24N6O3. The number of anilines is 2. The van der Waals surface area contributed by atoms with Gasteiger partial charge in [-0.3, -0.25) is 4.79 Å². The summed E-state index contributed by atoms with van der Waals surface area (Å²) in [6.07, 6.45) is 1.57. The van der Waals surface area contributed by atoms with Crippen molar-refractivity contribution in [2.24, 2.45) is 5.92 Å². The van der Waals surface area contributed by atoms with Crippen molar-refractivity contribution in [3.8, 4) is 5.82 Å². The van der Waals surface area contributed by atoms with Crippen LogP contribution in [0.3, 0.4) is 0 Å². The maximum Gasteiger partial charge on any atom is 0.360 e. The molecule has 0 spiro atoms. The van der Waals surface area contributed by atoms with E-state index < -0.39 is 5.63 Å². The van der Waals surface area contributed by atoms with E-state index in [1.165, 1.54) is 0 Å². The van der Waals surface area contributed by atoms with Gasteiger partial charge >= 0.3 is 5.63 Å². The molecule has 1 saturated heterocycles. The fourth-order valence-electron chi connectivity index (χ4n) is 4.24. The molecule has 4 aromatic rings. The SMILES string of the molecule is Cc1cc(C)n(-c2ccc(N3CCCC(C(=O)Nc4cc5ccccc5oc4=O)C3)nn2)n1. The van der Waals surface area contributed by atoms with E-state index in [0.29, 0.717) is 23.8 Å². The minimum atomic E-state index is -0.555. The first kappa shape index (κ1) is 20.9. The summed E-state index contributed by atoms with van der Waals surface area (Å²) in [7, 11) is 0. The third-order valence-electron chi connectivity index (χ3n) is 5.88. The van der Waals surface area contributed by atoms with Gasteiger partial charge in [0, 0.05) is 24.2 Å².